The van der Waals surface area contributed by atoms with Crippen LogP contribution in [-0.4, -0.2) is 64.0 Å². The topological polar surface area (TPSA) is 110 Å². The summed E-state index contributed by atoms with van der Waals surface area (Å²) in [5.74, 6) is -0.530. The number of piperidine rings is 1. The van der Waals surface area contributed by atoms with Crippen LogP contribution in [0.1, 0.15) is 36.4 Å². The number of nitrogens with zero attached hydrogens (tertiary/aromatic N) is 4. The number of esters is 1. The third kappa shape index (κ3) is 5.89. The van der Waals surface area contributed by atoms with Crippen molar-refractivity contribution in [1.29, 1.82) is 0 Å². The van der Waals surface area contributed by atoms with Crippen LogP contribution < -0.4 is 0 Å². The fourth-order valence-electron chi connectivity index (χ4n) is 3.68. The van der Waals surface area contributed by atoms with Gasteiger partial charge in [-0.15, -0.1) is 11.3 Å². The van der Waals surface area contributed by atoms with Crippen molar-refractivity contribution in [2.45, 2.75) is 25.7 Å². The molecule has 1 amide bonds. The second kappa shape index (κ2) is 11.4. The second-order valence-electron chi connectivity index (χ2n) is 7.64. The first-order valence-corrected chi connectivity index (χ1v) is 12.6. The Morgan fingerprint density at radius 2 is 2.12 bits per heavy atom. The summed E-state index contributed by atoms with van der Waals surface area (Å²) >= 11 is 5.17. The molecule has 9 nitrogen and oxygen atoms in total. The maximum atomic E-state index is 13.2. The largest absolute Gasteiger partial charge is 0.463 e. The molecule has 11 heteroatoms. The highest BCUT2D eigenvalue weighted by molar-refractivity contribution is 9.10. The molecule has 3 aromatic rings. The molecule has 1 aliphatic heterocycles. The van der Waals surface area contributed by atoms with Crippen LogP contribution in [0.15, 0.2) is 51.5 Å². The van der Waals surface area contributed by atoms with Gasteiger partial charge in [0.25, 0.3) is 5.91 Å². The van der Waals surface area contributed by atoms with Gasteiger partial charge in [0.15, 0.2) is 5.71 Å². The third-order valence-electron chi connectivity index (χ3n) is 5.38. The van der Waals surface area contributed by atoms with Crippen LogP contribution in [0.5, 0.6) is 0 Å². The Kier molecular flexibility index (Phi) is 8.07. The van der Waals surface area contributed by atoms with Crippen LogP contribution in [0.3, 0.4) is 0 Å². The zero-order chi connectivity index (χ0) is 23.9. The van der Waals surface area contributed by atoms with Gasteiger partial charge in [-0.25, -0.2) is 9.78 Å². The maximum absolute atomic E-state index is 13.2. The Labute approximate surface area is 209 Å². The van der Waals surface area contributed by atoms with E-state index in [0.717, 1.165) is 33.6 Å². The van der Waals surface area contributed by atoms with E-state index in [1.807, 2.05) is 18.2 Å². The van der Waals surface area contributed by atoms with Crippen molar-refractivity contribution in [3.63, 3.8) is 0 Å². The molecule has 3 heterocycles. The lowest BCUT2D eigenvalue weighted by Gasteiger charge is -2.31. The van der Waals surface area contributed by atoms with E-state index in [1.165, 1.54) is 6.20 Å². The number of oxime groups is 1. The average Bonchev–Trinajstić information content (AvgIpc) is 3.55. The number of halogens is 1. The Balaban J connectivity index is 1.39. The van der Waals surface area contributed by atoms with E-state index in [-0.39, 0.29) is 24.8 Å². The van der Waals surface area contributed by atoms with Gasteiger partial charge in [-0.05, 0) is 38.0 Å². The number of thiazole rings is 1. The Morgan fingerprint density at radius 3 is 2.82 bits per heavy atom. The van der Waals surface area contributed by atoms with Crippen molar-refractivity contribution in [3.05, 3.63) is 57.1 Å². The molecule has 1 fully saturated rings. The second-order valence-corrected chi connectivity index (χ2v) is 9.44. The summed E-state index contributed by atoms with van der Waals surface area (Å²) in [6.07, 6.45) is 3.13. The molecule has 2 aromatic heterocycles. The molecule has 0 saturated carbocycles. The molecule has 1 aromatic carbocycles. The van der Waals surface area contributed by atoms with E-state index < -0.39 is 5.97 Å². The van der Waals surface area contributed by atoms with Gasteiger partial charge >= 0.3 is 5.97 Å². The van der Waals surface area contributed by atoms with E-state index in [4.69, 9.17) is 14.6 Å². The van der Waals surface area contributed by atoms with Crippen molar-refractivity contribution in [2.75, 3.05) is 26.3 Å². The number of hydrogen-bond acceptors (Lipinski definition) is 8. The molecule has 34 heavy (non-hydrogen) atoms. The zero-order valence-electron chi connectivity index (χ0n) is 18.6. The molecule has 1 aliphatic rings. The molecule has 0 bridgehead atoms. The number of carbonyl (C=O) groups excluding carboxylic acids is 2. The minimum Gasteiger partial charge on any atom is -0.463 e. The predicted octanol–water partition coefficient (Wildman–Crippen LogP) is 3.99. The highest BCUT2D eigenvalue weighted by Crippen LogP contribution is 2.33. The summed E-state index contributed by atoms with van der Waals surface area (Å²) in [6.45, 7) is 2.72. The molecular formula is C23H24BrN5O4S. The quantitative estimate of drug-likeness (QED) is 0.260. The summed E-state index contributed by atoms with van der Waals surface area (Å²) in [5.41, 5.74) is 2.54. The van der Waals surface area contributed by atoms with E-state index >= 15 is 0 Å². The predicted molar refractivity (Wildman–Crippen MR) is 132 cm³/mol. The summed E-state index contributed by atoms with van der Waals surface area (Å²) in [7, 11) is 0. The number of aromatic nitrogens is 3. The molecule has 1 N–H and O–H groups in total. The van der Waals surface area contributed by atoms with Gasteiger partial charge in [0, 0.05) is 40.6 Å². The molecule has 0 spiro atoms. The summed E-state index contributed by atoms with van der Waals surface area (Å²) in [6, 6.07) is 9.73. The molecule has 1 saturated heterocycles. The first-order valence-electron chi connectivity index (χ1n) is 10.9. The maximum Gasteiger partial charge on any atom is 0.347 e. The Hall–Kier alpha value is -3.05. The number of carbonyl (C=O) groups is 2. The van der Waals surface area contributed by atoms with Gasteiger partial charge in [-0.2, -0.15) is 5.10 Å². The van der Waals surface area contributed by atoms with Crippen LogP contribution in [-0.2, 0) is 19.2 Å². The normalized spacial score (nSPS) is 14.8. The van der Waals surface area contributed by atoms with Crippen LogP contribution in [0.2, 0.25) is 0 Å². The first kappa shape index (κ1) is 24.1. The fourth-order valence-corrected chi connectivity index (χ4v) is 5.08. The molecular weight excluding hydrogens is 522 g/mol. The molecule has 0 radical (unpaired) electrons. The summed E-state index contributed by atoms with van der Waals surface area (Å²) in [4.78, 5) is 36.4. The van der Waals surface area contributed by atoms with Gasteiger partial charge in [0.1, 0.15) is 0 Å². The SMILES string of the molecule is CCOC(=O)CO/N=C(/C(=O)N1CCC(c2nc(-c3cccc(Br)c3)cs2)CC1)c1ccn[nH]1. The number of H-pyrrole nitrogens is 1. The summed E-state index contributed by atoms with van der Waals surface area (Å²) in [5, 5.41) is 13.7. The van der Waals surface area contributed by atoms with Crippen molar-refractivity contribution < 1.29 is 19.2 Å². The monoisotopic (exact) mass is 545 g/mol. The highest BCUT2D eigenvalue weighted by atomic mass is 79.9. The molecule has 0 aliphatic carbocycles. The number of ether oxygens (including phenoxy) is 1. The van der Waals surface area contributed by atoms with E-state index in [2.05, 4.69) is 42.7 Å². The number of amides is 1. The molecule has 4 rings (SSSR count). The first-order chi connectivity index (χ1) is 16.5. The van der Waals surface area contributed by atoms with Crippen LogP contribution in [0, 0.1) is 0 Å². The number of likely N-dealkylation sites (tertiary alicyclic amines) is 1. The highest BCUT2D eigenvalue weighted by Gasteiger charge is 2.29. The van der Waals surface area contributed by atoms with Crippen molar-refractivity contribution >= 4 is 44.9 Å². The van der Waals surface area contributed by atoms with Crippen molar-refractivity contribution in [2.24, 2.45) is 5.16 Å². The van der Waals surface area contributed by atoms with E-state index in [9.17, 15) is 9.59 Å². The van der Waals surface area contributed by atoms with Gasteiger partial charge in [-0.3, -0.25) is 9.89 Å². The third-order valence-corrected chi connectivity index (χ3v) is 6.88. The lowest BCUT2D eigenvalue weighted by molar-refractivity contribution is -0.148. The van der Waals surface area contributed by atoms with Crippen molar-refractivity contribution in [1.82, 2.24) is 20.1 Å². The standard InChI is InChI=1S/C23H24BrN5O4S/c1-2-32-20(30)13-33-28-21(18-6-9-25-27-18)23(31)29-10-7-15(8-11-29)22-26-19(14-34-22)16-4-3-5-17(24)12-16/h3-6,9,12,14-15H,2,7-8,10-11,13H2,1H3,(H,25,27)/b28-21+. The number of hydrogen-bond donors (Lipinski definition) is 1. The van der Waals surface area contributed by atoms with E-state index in [1.54, 1.807) is 29.2 Å². The van der Waals surface area contributed by atoms with Crippen LogP contribution in [0.25, 0.3) is 11.3 Å². The Morgan fingerprint density at radius 1 is 1.29 bits per heavy atom. The molecule has 0 unspecified atom stereocenters. The number of nitrogens with one attached hydrogen (secondary N) is 1. The average molecular weight is 546 g/mol. The van der Waals surface area contributed by atoms with Gasteiger partial charge in [0.2, 0.25) is 6.61 Å². The van der Waals surface area contributed by atoms with E-state index in [0.29, 0.717) is 24.7 Å². The number of aromatic amines is 1. The summed E-state index contributed by atoms with van der Waals surface area (Å²) < 4.78 is 5.85. The zero-order valence-corrected chi connectivity index (χ0v) is 21.0. The minimum atomic E-state index is -0.547. The Bertz CT molecular complexity index is 1160. The molecule has 178 valence electrons. The fraction of sp³-hybridized carbons (Fsp3) is 0.348. The molecule has 0 atom stereocenters. The number of benzene rings is 1. The van der Waals surface area contributed by atoms with Crippen LogP contribution in [0.4, 0.5) is 0 Å². The van der Waals surface area contributed by atoms with Gasteiger partial charge in [0.05, 0.1) is 23.0 Å². The lowest BCUT2D eigenvalue weighted by atomic mass is 9.97. The lowest BCUT2D eigenvalue weighted by Crippen LogP contribution is -2.42. The van der Waals surface area contributed by atoms with Gasteiger partial charge in [-0.1, -0.05) is 33.2 Å². The minimum absolute atomic E-state index is 0.0754. The van der Waals surface area contributed by atoms with Gasteiger partial charge < -0.3 is 14.5 Å². The van der Waals surface area contributed by atoms with Crippen molar-refractivity contribution in [3.8, 4) is 11.3 Å². The van der Waals surface area contributed by atoms with Crippen LogP contribution >= 0.6 is 27.3 Å². The number of rotatable bonds is 8. The smallest absolute Gasteiger partial charge is 0.347 e.